The number of carboxylic acids is 1. The molecule has 3 N–H and O–H groups in total. The Morgan fingerprint density at radius 3 is 2.69 bits per heavy atom. The number of amides is 1. The van der Waals surface area contributed by atoms with Crippen molar-refractivity contribution < 1.29 is 14.7 Å². The zero-order valence-electron chi connectivity index (χ0n) is 8.82. The van der Waals surface area contributed by atoms with Crippen LogP contribution in [0.2, 0.25) is 0 Å². The quantitative estimate of drug-likeness (QED) is 0.638. The van der Waals surface area contributed by atoms with Gasteiger partial charge < -0.3 is 20.0 Å². The summed E-state index contributed by atoms with van der Waals surface area (Å²) in [5, 5.41) is 8.43. The van der Waals surface area contributed by atoms with E-state index < -0.39 is 11.7 Å². The van der Waals surface area contributed by atoms with E-state index >= 15 is 0 Å². The highest BCUT2D eigenvalue weighted by Gasteiger charge is 2.13. The molecule has 7 heteroatoms. The van der Waals surface area contributed by atoms with Crippen molar-refractivity contribution in [1.29, 1.82) is 0 Å². The fourth-order valence-electron chi connectivity index (χ4n) is 1.22. The lowest BCUT2D eigenvalue weighted by molar-refractivity contribution is -0.137. The van der Waals surface area contributed by atoms with Gasteiger partial charge in [-0.3, -0.25) is 9.59 Å². The van der Waals surface area contributed by atoms with E-state index in [0.29, 0.717) is 13.0 Å². The predicted octanol–water partition coefficient (Wildman–Crippen LogP) is -0.360. The van der Waals surface area contributed by atoms with Crippen molar-refractivity contribution in [3.63, 3.8) is 0 Å². The second kappa shape index (κ2) is 5.15. The fraction of sp³-hybridized carbons (Fsp3) is 0.444. The summed E-state index contributed by atoms with van der Waals surface area (Å²) in [5.74, 6) is -1.24. The Balaban J connectivity index is 2.48. The van der Waals surface area contributed by atoms with Crippen molar-refractivity contribution in [1.82, 2.24) is 14.9 Å². The Hall–Kier alpha value is -2.05. The Bertz CT molecular complexity index is 434. The van der Waals surface area contributed by atoms with E-state index in [0.717, 1.165) is 0 Å². The number of carbonyl (C=O) groups is 2. The van der Waals surface area contributed by atoms with Crippen LogP contribution in [0.5, 0.6) is 0 Å². The summed E-state index contributed by atoms with van der Waals surface area (Å²) in [5.41, 5.74) is -0.273. The van der Waals surface area contributed by atoms with Gasteiger partial charge >= 0.3 is 11.7 Å². The first-order valence-electron chi connectivity index (χ1n) is 4.75. The summed E-state index contributed by atoms with van der Waals surface area (Å²) < 4.78 is 0. The first kappa shape index (κ1) is 12.0. The predicted molar refractivity (Wildman–Crippen MR) is 55.2 cm³/mol. The Labute approximate surface area is 91.1 Å². The third-order valence-electron chi connectivity index (χ3n) is 2.06. The number of nitrogens with zero attached hydrogens (tertiary/aromatic N) is 1. The molecule has 0 aliphatic rings. The molecule has 0 fully saturated rings. The van der Waals surface area contributed by atoms with E-state index in [-0.39, 0.29) is 18.0 Å². The highest BCUT2D eigenvalue weighted by Crippen LogP contribution is 1.99. The van der Waals surface area contributed by atoms with Crippen molar-refractivity contribution >= 4 is 11.9 Å². The maximum Gasteiger partial charge on any atom is 0.323 e. The molecule has 0 atom stereocenters. The third-order valence-corrected chi connectivity index (χ3v) is 2.06. The standard InChI is InChI=1S/C9H13N3O4/c1-12(4-2-3-7(13)14)8(15)6-5-10-9(16)11-6/h5H,2-4H2,1H3,(H,13,14)(H2,10,11,16). The van der Waals surface area contributed by atoms with Crippen LogP contribution in [-0.4, -0.2) is 45.4 Å². The summed E-state index contributed by atoms with van der Waals surface area (Å²) in [6.45, 7) is 0.332. The summed E-state index contributed by atoms with van der Waals surface area (Å²) in [6, 6.07) is 0. The SMILES string of the molecule is CN(CCCC(=O)O)C(=O)c1c[nH]c(=O)[nH]1. The highest BCUT2D eigenvalue weighted by molar-refractivity contribution is 5.91. The van der Waals surface area contributed by atoms with E-state index in [2.05, 4.69) is 9.97 Å². The minimum absolute atomic E-state index is 0.0152. The van der Waals surface area contributed by atoms with Crippen LogP contribution in [-0.2, 0) is 4.79 Å². The molecule has 1 rings (SSSR count). The molecule has 0 spiro atoms. The number of nitrogens with one attached hydrogen (secondary N) is 2. The molecule has 0 aliphatic heterocycles. The largest absolute Gasteiger partial charge is 0.481 e. The molecule has 1 aromatic heterocycles. The van der Waals surface area contributed by atoms with E-state index in [1.54, 1.807) is 7.05 Å². The van der Waals surface area contributed by atoms with Crippen LogP contribution in [0.3, 0.4) is 0 Å². The molecule has 0 saturated heterocycles. The van der Waals surface area contributed by atoms with Crippen LogP contribution in [0.25, 0.3) is 0 Å². The second-order valence-corrected chi connectivity index (χ2v) is 3.38. The Kier molecular flexibility index (Phi) is 3.87. The zero-order valence-corrected chi connectivity index (χ0v) is 8.82. The van der Waals surface area contributed by atoms with Crippen molar-refractivity contribution in [2.45, 2.75) is 12.8 Å². The third kappa shape index (κ3) is 3.26. The molecule has 16 heavy (non-hydrogen) atoms. The molecule has 0 radical (unpaired) electrons. The number of aliphatic carboxylic acids is 1. The number of rotatable bonds is 5. The van der Waals surface area contributed by atoms with Gasteiger partial charge in [0.05, 0.1) is 0 Å². The van der Waals surface area contributed by atoms with Gasteiger partial charge in [0.15, 0.2) is 0 Å². The van der Waals surface area contributed by atoms with E-state index in [1.807, 2.05) is 0 Å². The molecular weight excluding hydrogens is 214 g/mol. The number of aromatic amines is 2. The molecule has 0 saturated carbocycles. The average molecular weight is 227 g/mol. The van der Waals surface area contributed by atoms with Crippen molar-refractivity contribution in [3.05, 3.63) is 22.4 Å². The molecule has 1 amide bonds. The molecule has 0 bridgehead atoms. The summed E-state index contributed by atoms with van der Waals surface area (Å²) in [4.78, 5) is 38.7. The number of imidazole rings is 1. The number of hydrogen-bond acceptors (Lipinski definition) is 3. The molecule has 88 valence electrons. The first-order valence-corrected chi connectivity index (χ1v) is 4.75. The van der Waals surface area contributed by atoms with Crippen LogP contribution in [0.15, 0.2) is 11.0 Å². The number of carbonyl (C=O) groups excluding carboxylic acids is 1. The van der Waals surface area contributed by atoms with E-state index in [9.17, 15) is 14.4 Å². The zero-order chi connectivity index (χ0) is 12.1. The minimum Gasteiger partial charge on any atom is -0.481 e. The number of aromatic nitrogens is 2. The average Bonchev–Trinajstić information content (AvgIpc) is 2.63. The number of H-pyrrole nitrogens is 2. The van der Waals surface area contributed by atoms with Crippen LogP contribution in [0.4, 0.5) is 0 Å². The summed E-state index contributed by atoms with van der Waals surface area (Å²) >= 11 is 0. The van der Waals surface area contributed by atoms with E-state index in [4.69, 9.17) is 5.11 Å². The van der Waals surface area contributed by atoms with Gasteiger partial charge in [0.25, 0.3) is 5.91 Å². The smallest absolute Gasteiger partial charge is 0.323 e. The molecule has 0 aromatic carbocycles. The molecule has 0 aliphatic carbocycles. The van der Waals surface area contributed by atoms with E-state index in [1.165, 1.54) is 11.1 Å². The van der Waals surface area contributed by atoms with Crippen molar-refractivity contribution in [3.8, 4) is 0 Å². The summed E-state index contributed by atoms with van der Waals surface area (Å²) in [6.07, 6.45) is 1.69. The van der Waals surface area contributed by atoms with Crippen LogP contribution >= 0.6 is 0 Å². The van der Waals surface area contributed by atoms with Crippen LogP contribution in [0.1, 0.15) is 23.3 Å². The lowest BCUT2D eigenvalue weighted by Gasteiger charge is -2.14. The van der Waals surface area contributed by atoms with Crippen LogP contribution in [0, 0.1) is 0 Å². The summed E-state index contributed by atoms with van der Waals surface area (Å²) in [7, 11) is 1.55. The first-order chi connectivity index (χ1) is 7.50. The minimum atomic E-state index is -0.893. The number of hydrogen-bond donors (Lipinski definition) is 3. The van der Waals surface area contributed by atoms with Gasteiger partial charge in [-0.1, -0.05) is 0 Å². The van der Waals surface area contributed by atoms with Crippen LogP contribution < -0.4 is 5.69 Å². The molecular formula is C9H13N3O4. The highest BCUT2D eigenvalue weighted by atomic mass is 16.4. The van der Waals surface area contributed by atoms with Crippen molar-refractivity contribution in [2.75, 3.05) is 13.6 Å². The lowest BCUT2D eigenvalue weighted by atomic mass is 10.3. The van der Waals surface area contributed by atoms with Gasteiger partial charge in [-0.2, -0.15) is 0 Å². The van der Waals surface area contributed by atoms with Gasteiger partial charge in [-0.05, 0) is 6.42 Å². The normalized spacial score (nSPS) is 10.1. The molecule has 7 nitrogen and oxygen atoms in total. The Morgan fingerprint density at radius 1 is 1.50 bits per heavy atom. The topological polar surface area (TPSA) is 106 Å². The monoisotopic (exact) mass is 227 g/mol. The van der Waals surface area contributed by atoms with Gasteiger partial charge in [0.2, 0.25) is 0 Å². The van der Waals surface area contributed by atoms with Gasteiger partial charge in [-0.25, -0.2) is 4.79 Å². The maximum atomic E-state index is 11.6. The molecule has 0 unspecified atom stereocenters. The Morgan fingerprint density at radius 2 is 2.19 bits per heavy atom. The second-order valence-electron chi connectivity index (χ2n) is 3.38. The van der Waals surface area contributed by atoms with Crippen molar-refractivity contribution in [2.24, 2.45) is 0 Å². The van der Waals surface area contributed by atoms with Gasteiger partial charge in [0.1, 0.15) is 5.69 Å². The molecule has 1 heterocycles. The fourth-order valence-corrected chi connectivity index (χ4v) is 1.22. The number of carboxylic acid groups (broad SMARTS) is 1. The van der Waals surface area contributed by atoms with Gasteiger partial charge in [-0.15, -0.1) is 0 Å². The lowest BCUT2D eigenvalue weighted by Crippen LogP contribution is -2.28. The maximum absolute atomic E-state index is 11.6. The van der Waals surface area contributed by atoms with Gasteiger partial charge in [0, 0.05) is 26.2 Å². The molecule has 1 aromatic rings.